The van der Waals surface area contributed by atoms with Crippen molar-refractivity contribution in [2.75, 3.05) is 19.6 Å². The molecule has 1 fully saturated rings. The molecule has 1 saturated heterocycles. The zero-order valence-corrected chi connectivity index (χ0v) is 22.0. The zero-order chi connectivity index (χ0) is 25.6. The molecule has 0 radical (unpaired) electrons. The van der Waals surface area contributed by atoms with E-state index in [9.17, 15) is 22.3 Å². The largest absolute Gasteiger partial charge is 0.480 e. The summed E-state index contributed by atoms with van der Waals surface area (Å²) in [5.41, 5.74) is 1.78. The molecule has 8 nitrogen and oxygen atoms in total. The number of fused-ring (bicyclic) bond motifs is 2. The second-order valence-electron chi connectivity index (χ2n) is 9.51. The topological polar surface area (TPSA) is 127 Å². The monoisotopic (exact) mass is 522 g/mol. The Morgan fingerprint density at radius 1 is 1.09 bits per heavy atom. The third-order valence-electron chi connectivity index (χ3n) is 7.57. The Morgan fingerprint density at radius 2 is 1.71 bits per heavy atom. The average Bonchev–Trinajstić information content (AvgIpc) is 2.80. The summed E-state index contributed by atoms with van der Waals surface area (Å²) in [4.78, 5) is 13.5. The van der Waals surface area contributed by atoms with Crippen LogP contribution in [0.25, 0.3) is 0 Å². The number of rotatable bonds is 7. The molecule has 4 rings (SSSR count). The van der Waals surface area contributed by atoms with E-state index in [1.807, 2.05) is 18.2 Å². The SMILES string of the molecule is CCC1(CC)c2ccccc2S(O)(O)c2cc(S(=O)(=O)NC3CCN(CC(=O)O)CC3)c(C)cc21. The molecule has 0 unspecified atom stereocenters. The Kier molecular flexibility index (Phi) is 7.09. The molecule has 4 N–H and O–H groups in total. The lowest BCUT2D eigenvalue weighted by molar-refractivity contribution is -0.138. The molecule has 0 atom stereocenters. The van der Waals surface area contributed by atoms with E-state index in [-0.39, 0.29) is 22.4 Å². The van der Waals surface area contributed by atoms with Gasteiger partial charge in [0.05, 0.1) is 21.2 Å². The lowest BCUT2D eigenvalue weighted by Crippen LogP contribution is -2.46. The first-order valence-electron chi connectivity index (χ1n) is 12.0. The van der Waals surface area contributed by atoms with Crippen LogP contribution < -0.4 is 4.72 Å². The third-order valence-corrected chi connectivity index (χ3v) is 11.2. The molecule has 0 bridgehead atoms. The number of aliphatic carboxylic acids is 1. The Labute approximate surface area is 208 Å². The molecular weight excluding hydrogens is 488 g/mol. The van der Waals surface area contributed by atoms with Crippen molar-refractivity contribution < 1.29 is 27.4 Å². The van der Waals surface area contributed by atoms with Crippen LogP contribution in [0.4, 0.5) is 0 Å². The van der Waals surface area contributed by atoms with Crippen molar-refractivity contribution in [1.29, 1.82) is 0 Å². The van der Waals surface area contributed by atoms with Crippen LogP contribution in [0.5, 0.6) is 0 Å². The van der Waals surface area contributed by atoms with E-state index < -0.39 is 32.0 Å². The lowest BCUT2D eigenvalue weighted by Gasteiger charge is -2.48. The molecule has 10 heteroatoms. The third kappa shape index (κ3) is 4.52. The van der Waals surface area contributed by atoms with E-state index >= 15 is 0 Å². The van der Waals surface area contributed by atoms with E-state index in [2.05, 4.69) is 18.6 Å². The summed E-state index contributed by atoms with van der Waals surface area (Å²) in [5, 5.41) is 8.98. The van der Waals surface area contributed by atoms with Gasteiger partial charge in [0.1, 0.15) is 0 Å². The zero-order valence-electron chi connectivity index (χ0n) is 20.3. The Balaban J connectivity index is 1.72. The summed E-state index contributed by atoms with van der Waals surface area (Å²) in [6.07, 6.45) is 2.49. The van der Waals surface area contributed by atoms with Gasteiger partial charge in [0, 0.05) is 24.5 Å². The molecule has 2 aliphatic heterocycles. The highest BCUT2D eigenvalue weighted by atomic mass is 32.3. The van der Waals surface area contributed by atoms with Crippen molar-refractivity contribution >= 4 is 26.6 Å². The average molecular weight is 523 g/mol. The first-order valence-corrected chi connectivity index (χ1v) is 15.0. The van der Waals surface area contributed by atoms with Gasteiger partial charge in [-0.1, -0.05) is 38.1 Å². The number of nitrogens with zero attached hydrogens (tertiary/aromatic N) is 1. The highest BCUT2D eigenvalue weighted by Crippen LogP contribution is 2.66. The minimum Gasteiger partial charge on any atom is -0.480 e. The normalized spacial score (nSPS) is 20.6. The fourth-order valence-electron chi connectivity index (χ4n) is 5.64. The summed E-state index contributed by atoms with van der Waals surface area (Å²) in [7, 11) is -7.34. The molecule has 2 aromatic carbocycles. The second kappa shape index (κ2) is 9.49. The highest BCUT2D eigenvalue weighted by Gasteiger charge is 2.45. The minimum atomic E-state index is -3.94. The van der Waals surface area contributed by atoms with Crippen molar-refractivity contribution in [1.82, 2.24) is 9.62 Å². The van der Waals surface area contributed by atoms with Crippen LogP contribution in [0, 0.1) is 6.92 Å². The van der Waals surface area contributed by atoms with Gasteiger partial charge in [-0.25, -0.2) is 13.1 Å². The van der Waals surface area contributed by atoms with Crippen LogP contribution >= 0.6 is 10.6 Å². The molecule has 0 aliphatic carbocycles. The van der Waals surface area contributed by atoms with Gasteiger partial charge in [-0.2, -0.15) is 0 Å². The first-order chi connectivity index (χ1) is 16.5. The maximum Gasteiger partial charge on any atom is 0.317 e. The summed E-state index contributed by atoms with van der Waals surface area (Å²) >= 11 is 0. The second-order valence-corrected chi connectivity index (χ2v) is 13.2. The Bertz CT molecular complexity index is 1230. The number of piperidine rings is 1. The molecular formula is C25H34N2O6S2. The molecule has 192 valence electrons. The van der Waals surface area contributed by atoms with Crippen LogP contribution in [0.2, 0.25) is 0 Å². The number of benzene rings is 2. The number of hydrogen-bond donors (Lipinski definition) is 4. The van der Waals surface area contributed by atoms with E-state index in [4.69, 9.17) is 5.11 Å². The van der Waals surface area contributed by atoms with Crippen LogP contribution in [-0.4, -0.2) is 59.2 Å². The van der Waals surface area contributed by atoms with Crippen molar-refractivity contribution in [3.63, 3.8) is 0 Å². The van der Waals surface area contributed by atoms with E-state index in [0.717, 1.165) is 24.0 Å². The minimum absolute atomic E-state index is 0.0460. The maximum absolute atomic E-state index is 13.5. The number of sulfonamides is 1. The fourth-order valence-corrected chi connectivity index (χ4v) is 9.19. The van der Waals surface area contributed by atoms with Crippen LogP contribution in [0.15, 0.2) is 51.1 Å². The quantitative estimate of drug-likeness (QED) is 0.424. The molecule has 0 spiro atoms. The number of carboxylic acids is 1. The number of nitrogens with one attached hydrogen (secondary N) is 1. The fraction of sp³-hybridized carbons (Fsp3) is 0.480. The van der Waals surface area contributed by atoms with Crippen LogP contribution in [0.3, 0.4) is 0 Å². The summed E-state index contributed by atoms with van der Waals surface area (Å²) < 4.78 is 52.4. The molecule has 35 heavy (non-hydrogen) atoms. The number of carbonyl (C=O) groups is 1. The Morgan fingerprint density at radius 3 is 2.31 bits per heavy atom. The van der Waals surface area contributed by atoms with Crippen molar-refractivity contribution in [3.05, 3.63) is 53.1 Å². The first kappa shape index (κ1) is 26.1. The molecule has 0 saturated carbocycles. The summed E-state index contributed by atoms with van der Waals surface area (Å²) in [6.45, 7) is 6.82. The molecule has 0 amide bonds. The van der Waals surface area contributed by atoms with Gasteiger partial charge in [0.15, 0.2) is 0 Å². The number of aryl methyl sites for hydroxylation is 1. The molecule has 2 aliphatic rings. The van der Waals surface area contributed by atoms with Crippen molar-refractivity contribution in [3.8, 4) is 0 Å². The standard InChI is InChI=1S/C25H34N2O6S2/c1-4-25(5-2)19-8-6-7-9-21(19)34(30,31)23-15-22(17(3)14-20(23)25)35(32,33)26-18-10-12-27(13-11-18)16-24(28)29/h6-9,14-15,18,26,30-31H,4-5,10-13,16H2,1-3H3,(H,28,29). The molecule has 0 aromatic heterocycles. The summed E-state index contributed by atoms with van der Waals surface area (Å²) in [5.74, 6) is -0.899. The van der Waals surface area contributed by atoms with E-state index in [1.165, 1.54) is 6.07 Å². The van der Waals surface area contributed by atoms with Gasteiger partial charge >= 0.3 is 5.97 Å². The van der Waals surface area contributed by atoms with Gasteiger partial charge in [0.2, 0.25) is 10.0 Å². The van der Waals surface area contributed by atoms with Gasteiger partial charge < -0.3 is 5.11 Å². The number of carboxylic acid groups (broad SMARTS) is 1. The number of hydrogen-bond acceptors (Lipinski definition) is 6. The molecule has 2 heterocycles. The van der Waals surface area contributed by atoms with Gasteiger partial charge in [-0.05, 0) is 61.4 Å². The van der Waals surface area contributed by atoms with Crippen molar-refractivity contribution in [2.45, 2.75) is 72.6 Å². The van der Waals surface area contributed by atoms with Crippen LogP contribution in [-0.2, 0) is 20.2 Å². The predicted octanol–water partition coefficient (Wildman–Crippen LogP) is 4.41. The van der Waals surface area contributed by atoms with Crippen molar-refractivity contribution in [2.24, 2.45) is 0 Å². The Hall–Kier alpha value is -1.95. The molecule has 2 aromatic rings. The highest BCUT2D eigenvalue weighted by molar-refractivity contribution is 8.24. The smallest absolute Gasteiger partial charge is 0.317 e. The van der Waals surface area contributed by atoms with Gasteiger partial charge in [-0.3, -0.25) is 18.8 Å². The van der Waals surface area contributed by atoms with Gasteiger partial charge in [0.25, 0.3) is 0 Å². The van der Waals surface area contributed by atoms with Crippen LogP contribution in [0.1, 0.15) is 56.2 Å². The van der Waals surface area contributed by atoms with E-state index in [0.29, 0.717) is 36.4 Å². The van der Waals surface area contributed by atoms with E-state index in [1.54, 1.807) is 24.0 Å². The number of likely N-dealkylation sites (tertiary alicyclic amines) is 1. The summed E-state index contributed by atoms with van der Waals surface area (Å²) in [6, 6.07) is 10.3. The van der Waals surface area contributed by atoms with Gasteiger partial charge in [-0.15, -0.1) is 10.6 Å². The lowest BCUT2D eigenvalue weighted by atomic mass is 9.70. The predicted molar refractivity (Wildman–Crippen MR) is 136 cm³/mol. The maximum atomic E-state index is 13.5.